The fourth-order valence-electron chi connectivity index (χ4n) is 4.49. The van der Waals surface area contributed by atoms with Crippen molar-refractivity contribution in [1.82, 2.24) is 15.1 Å². The number of aromatic nitrogens is 2. The maximum absolute atomic E-state index is 13.1. The number of phenolic OH excluding ortho intramolecular Hbond substituents is 1. The number of benzene rings is 2. The number of nitrogens with zero attached hydrogens (tertiary/aromatic N) is 2. The number of carbonyl (C=O) groups excluding carboxylic acids is 2. The van der Waals surface area contributed by atoms with Gasteiger partial charge in [-0.25, -0.2) is 9.18 Å². The second kappa shape index (κ2) is 9.29. The van der Waals surface area contributed by atoms with E-state index in [1.54, 1.807) is 36.5 Å². The van der Waals surface area contributed by atoms with Crippen molar-refractivity contribution in [3.8, 4) is 17.0 Å². The number of anilines is 1. The number of aromatic hydroxyl groups is 1. The van der Waals surface area contributed by atoms with Gasteiger partial charge in [-0.2, -0.15) is 9.78 Å². The molecule has 2 aliphatic carbocycles. The van der Waals surface area contributed by atoms with E-state index in [1.165, 1.54) is 16.8 Å². The Morgan fingerprint density at radius 3 is 2.50 bits per heavy atom. The summed E-state index contributed by atoms with van der Waals surface area (Å²) < 4.78 is 14.4. The second-order valence-corrected chi connectivity index (χ2v) is 9.14. The lowest BCUT2D eigenvalue weighted by atomic mass is 9.94. The highest BCUT2D eigenvalue weighted by molar-refractivity contribution is 5.95. The molecule has 3 aromatic rings. The Kier molecular flexibility index (Phi) is 6.04. The van der Waals surface area contributed by atoms with Crippen LogP contribution in [0.1, 0.15) is 55.6 Å². The highest BCUT2D eigenvalue weighted by Crippen LogP contribution is 2.42. The lowest BCUT2D eigenvalue weighted by molar-refractivity contribution is -0.117. The van der Waals surface area contributed by atoms with Crippen LogP contribution in [0.2, 0.25) is 0 Å². The number of phenols is 1. The molecule has 5 rings (SSSR count). The summed E-state index contributed by atoms with van der Waals surface area (Å²) in [5.74, 6) is 0.00966. The van der Waals surface area contributed by atoms with Crippen LogP contribution < -0.4 is 10.6 Å². The highest BCUT2D eigenvalue weighted by Gasteiger charge is 2.30. The van der Waals surface area contributed by atoms with E-state index >= 15 is 0 Å². The third-order valence-corrected chi connectivity index (χ3v) is 6.57. The summed E-state index contributed by atoms with van der Waals surface area (Å²) >= 11 is 0. The zero-order valence-corrected chi connectivity index (χ0v) is 18.8. The van der Waals surface area contributed by atoms with E-state index in [0.29, 0.717) is 16.9 Å². The van der Waals surface area contributed by atoms with Crippen molar-refractivity contribution in [3.05, 3.63) is 65.6 Å². The van der Waals surface area contributed by atoms with E-state index < -0.39 is 6.03 Å². The maximum atomic E-state index is 13.1. The third-order valence-electron chi connectivity index (χ3n) is 6.57. The van der Waals surface area contributed by atoms with Gasteiger partial charge in [0.05, 0.1) is 0 Å². The lowest BCUT2D eigenvalue weighted by Crippen LogP contribution is -2.28. The van der Waals surface area contributed by atoms with Gasteiger partial charge in [0.25, 0.3) is 0 Å². The van der Waals surface area contributed by atoms with Crippen molar-refractivity contribution in [3.63, 3.8) is 0 Å². The van der Waals surface area contributed by atoms with Gasteiger partial charge in [0.1, 0.15) is 17.3 Å². The van der Waals surface area contributed by atoms with Crippen LogP contribution >= 0.6 is 0 Å². The monoisotopic (exact) mass is 462 g/mol. The predicted octanol–water partition coefficient (Wildman–Crippen LogP) is 5.16. The first kappa shape index (κ1) is 22.1. The molecular formula is C26H27FN4O3. The molecule has 0 bridgehead atoms. The first-order valence-electron chi connectivity index (χ1n) is 11.7. The normalized spacial score (nSPS) is 15.9. The van der Waals surface area contributed by atoms with Crippen LogP contribution in [0.3, 0.4) is 0 Å². The van der Waals surface area contributed by atoms with Crippen LogP contribution in [0.15, 0.2) is 48.7 Å². The molecule has 8 heteroatoms. The molecule has 7 nitrogen and oxygen atoms in total. The largest absolute Gasteiger partial charge is 0.507 e. The van der Waals surface area contributed by atoms with E-state index in [1.807, 2.05) is 0 Å². The van der Waals surface area contributed by atoms with Crippen LogP contribution in [0, 0.1) is 11.7 Å². The summed E-state index contributed by atoms with van der Waals surface area (Å²) in [6.45, 7) is 0.237. The van der Waals surface area contributed by atoms with E-state index in [-0.39, 0.29) is 35.9 Å². The van der Waals surface area contributed by atoms with Gasteiger partial charge >= 0.3 is 6.03 Å². The molecule has 0 radical (unpaired) electrons. The number of halogens is 1. The van der Waals surface area contributed by atoms with Gasteiger partial charge in [-0.15, -0.1) is 0 Å². The molecule has 0 saturated heterocycles. The van der Waals surface area contributed by atoms with E-state index in [9.17, 15) is 19.1 Å². The van der Waals surface area contributed by atoms with Gasteiger partial charge in [-0.05, 0) is 67.5 Å². The van der Waals surface area contributed by atoms with Crippen molar-refractivity contribution >= 4 is 17.6 Å². The summed E-state index contributed by atoms with van der Waals surface area (Å²) in [5.41, 5.74) is 3.31. The molecule has 0 unspecified atom stereocenters. The van der Waals surface area contributed by atoms with E-state index in [0.717, 1.165) is 49.7 Å². The summed E-state index contributed by atoms with van der Waals surface area (Å²) in [7, 11) is 0. The van der Waals surface area contributed by atoms with Crippen LogP contribution in [-0.2, 0) is 11.3 Å². The highest BCUT2D eigenvalue weighted by atomic mass is 19.1. The second-order valence-electron chi connectivity index (χ2n) is 9.14. The minimum absolute atomic E-state index is 0.0154. The summed E-state index contributed by atoms with van der Waals surface area (Å²) in [6.07, 6.45) is 7.74. The van der Waals surface area contributed by atoms with Crippen molar-refractivity contribution < 1.29 is 19.1 Å². The molecule has 1 heterocycles. The fourth-order valence-corrected chi connectivity index (χ4v) is 4.49. The van der Waals surface area contributed by atoms with E-state index in [4.69, 9.17) is 0 Å². The number of amides is 2. The predicted molar refractivity (Wildman–Crippen MR) is 126 cm³/mol. The number of hydrogen-bond acceptors (Lipinski definition) is 4. The number of nitrogens with one attached hydrogen (secondary N) is 2. The molecule has 176 valence electrons. The molecule has 0 atom stereocenters. The molecule has 2 aliphatic rings. The molecule has 2 amide bonds. The molecule has 2 fully saturated rings. The van der Waals surface area contributed by atoms with Crippen molar-refractivity contribution in [2.24, 2.45) is 5.92 Å². The minimum Gasteiger partial charge on any atom is -0.507 e. The fraction of sp³-hybridized carbons (Fsp3) is 0.346. The van der Waals surface area contributed by atoms with Crippen molar-refractivity contribution in [2.45, 2.75) is 51.0 Å². The summed E-state index contributed by atoms with van der Waals surface area (Å²) in [5, 5.41) is 20.9. The Labute approximate surface area is 197 Å². The van der Waals surface area contributed by atoms with Crippen LogP contribution in [0.5, 0.6) is 5.75 Å². The van der Waals surface area contributed by atoms with Crippen LogP contribution in [0.25, 0.3) is 11.3 Å². The molecule has 0 aliphatic heterocycles. The van der Waals surface area contributed by atoms with Crippen molar-refractivity contribution in [1.29, 1.82) is 0 Å². The van der Waals surface area contributed by atoms with Gasteiger partial charge in [-0.1, -0.05) is 25.0 Å². The topological polar surface area (TPSA) is 96.2 Å². The molecule has 3 N–H and O–H groups in total. The lowest BCUT2D eigenvalue weighted by Gasteiger charge is -2.12. The zero-order chi connectivity index (χ0) is 23.7. The Bertz CT molecular complexity index is 1210. The number of rotatable bonds is 6. The average Bonchev–Trinajstić information content (AvgIpc) is 3.37. The van der Waals surface area contributed by atoms with Gasteiger partial charge in [0.2, 0.25) is 5.91 Å². The summed E-state index contributed by atoms with van der Waals surface area (Å²) in [6, 6.07) is 10.5. The molecule has 2 aromatic carbocycles. The Morgan fingerprint density at radius 1 is 1.06 bits per heavy atom. The first-order chi connectivity index (χ1) is 16.5. The van der Waals surface area contributed by atoms with Crippen LogP contribution in [0.4, 0.5) is 14.9 Å². The zero-order valence-electron chi connectivity index (χ0n) is 18.8. The van der Waals surface area contributed by atoms with Gasteiger partial charge in [0, 0.05) is 35.5 Å². The number of carbonyl (C=O) groups is 2. The van der Waals surface area contributed by atoms with Gasteiger partial charge in [0.15, 0.2) is 0 Å². The standard InChI is InChI=1S/C26H27FN4O3/c27-19-9-5-16(6-10-19)14-28-26(34)31-15-22(17-3-1-2-4-17)24(30-31)21-13-20(11-12-23(21)32)29-25(33)18-7-8-18/h5-6,9-13,15,17-18,32H,1-4,7-8,14H2,(H,28,34)(H,29,33). The van der Waals surface area contributed by atoms with E-state index in [2.05, 4.69) is 15.7 Å². The molecule has 0 spiro atoms. The maximum Gasteiger partial charge on any atom is 0.342 e. The first-order valence-corrected chi connectivity index (χ1v) is 11.7. The molecular weight excluding hydrogens is 435 g/mol. The molecule has 34 heavy (non-hydrogen) atoms. The average molecular weight is 463 g/mol. The Hall–Kier alpha value is -3.68. The third kappa shape index (κ3) is 4.81. The Morgan fingerprint density at radius 2 is 1.79 bits per heavy atom. The smallest absolute Gasteiger partial charge is 0.342 e. The quantitative estimate of drug-likeness (QED) is 0.441. The summed E-state index contributed by atoms with van der Waals surface area (Å²) in [4.78, 5) is 25.1. The Balaban J connectivity index is 1.42. The number of hydrogen-bond donors (Lipinski definition) is 3. The van der Waals surface area contributed by atoms with Crippen molar-refractivity contribution in [2.75, 3.05) is 5.32 Å². The van der Waals surface area contributed by atoms with Gasteiger partial charge in [-0.3, -0.25) is 4.79 Å². The SMILES string of the molecule is O=C(Nc1ccc(O)c(-c2nn(C(=O)NCc3ccc(F)cc3)cc2C2CCCC2)c1)C1CC1. The minimum atomic E-state index is -0.410. The van der Waals surface area contributed by atoms with Crippen LogP contribution in [-0.4, -0.2) is 26.8 Å². The van der Waals surface area contributed by atoms with Gasteiger partial charge < -0.3 is 15.7 Å². The molecule has 1 aromatic heterocycles. The molecule has 2 saturated carbocycles.